The molecule has 32 heavy (non-hydrogen) atoms. The maximum atomic E-state index is 10.5. The Labute approximate surface area is 186 Å². The van der Waals surface area contributed by atoms with Crippen molar-refractivity contribution < 1.29 is 18.3 Å². The minimum absolute atomic E-state index is 0.217. The quantitative estimate of drug-likeness (QED) is 0.342. The monoisotopic (exact) mass is 434 g/mol. The van der Waals surface area contributed by atoms with Gasteiger partial charge in [-0.2, -0.15) is 13.2 Å². The molecule has 4 rings (SSSR count). The molecule has 4 aromatic carbocycles. The van der Waals surface area contributed by atoms with E-state index in [-0.39, 0.29) is 5.41 Å². The lowest BCUT2D eigenvalue weighted by atomic mass is 9.66. The number of alkyl halides is 3. The van der Waals surface area contributed by atoms with Crippen LogP contribution in [0, 0.1) is 0 Å². The zero-order valence-corrected chi connectivity index (χ0v) is 17.5. The summed E-state index contributed by atoms with van der Waals surface area (Å²) in [4.78, 5) is 0. The summed E-state index contributed by atoms with van der Waals surface area (Å²) in [5, 5.41) is 7.28. The average Bonchev–Trinajstić information content (AvgIpc) is 2.85. The second-order valence-corrected chi connectivity index (χ2v) is 7.44. The molecule has 164 valence electrons. The molecule has 1 N–H and O–H groups in total. The van der Waals surface area contributed by atoms with Gasteiger partial charge in [-0.15, -0.1) is 0 Å². The van der Waals surface area contributed by atoms with Crippen molar-refractivity contribution in [2.45, 2.75) is 18.0 Å². The van der Waals surface area contributed by atoms with Gasteiger partial charge in [0.15, 0.2) is 0 Å². The van der Waals surface area contributed by atoms with Gasteiger partial charge in [0.1, 0.15) is 6.61 Å². The van der Waals surface area contributed by atoms with Gasteiger partial charge in [-0.25, -0.2) is 0 Å². The summed E-state index contributed by atoms with van der Waals surface area (Å²) in [6, 6.07) is 43.4. The second-order valence-electron chi connectivity index (χ2n) is 7.44. The van der Waals surface area contributed by atoms with Crippen LogP contribution in [0.4, 0.5) is 13.2 Å². The van der Waals surface area contributed by atoms with E-state index in [0.717, 1.165) is 6.42 Å². The summed E-state index contributed by atoms with van der Waals surface area (Å²) in [5.41, 5.74) is 5.08. The first-order valence-electron chi connectivity index (χ1n) is 10.3. The SMILES string of the molecule is OCC(F)(F)F.c1ccc(CC(c2ccccc2)(c2ccccc2)c2ccccc2)cc1. The number of halogens is 3. The molecular weight excluding hydrogens is 409 g/mol. The third kappa shape index (κ3) is 5.86. The van der Waals surface area contributed by atoms with Crippen LogP contribution in [-0.4, -0.2) is 17.9 Å². The molecule has 0 bridgehead atoms. The molecule has 0 aliphatic carbocycles. The minimum atomic E-state index is -4.40. The van der Waals surface area contributed by atoms with E-state index in [4.69, 9.17) is 5.11 Å². The van der Waals surface area contributed by atoms with Crippen molar-refractivity contribution in [3.63, 3.8) is 0 Å². The average molecular weight is 435 g/mol. The topological polar surface area (TPSA) is 20.2 Å². The van der Waals surface area contributed by atoms with Crippen molar-refractivity contribution in [2.75, 3.05) is 6.61 Å². The highest BCUT2D eigenvalue weighted by molar-refractivity contribution is 5.52. The van der Waals surface area contributed by atoms with E-state index in [9.17, 15) is 13.2 Å². The molecular formula is C28H25F3O. The van der Waals surface area contributed by atoms with Crippen LogP contribution in [0.3, 0.4) is 0 Å². The Hall–Kier alpha value is -3.37. The van der Waals surface area contributed by atoms with Gasteiger partial charge >= 0.3 is 6.18 Å². The van der Waals surface area contributed by atoms with Crippen LogP contribution in [0.2, 0.25) is 0 Å². The fourth-order valence-electron chi connectivity index (χ4n) is 3.88. The summed E-state index contributed by atoms with van der Waals surface area (Å²) >= 11 is 0. The molecule has 0 aliphatic rings. The van der Waals surface area contributed by atoms with Gasteiger partial charge in [0.05, 0.1) is 0 Å². The van der Waals surface area contributed by atoms with Gasteiger partial charge in [-0.1, -0.05) is 121 Å². The maximum Gasteiger partial charge on any atom is 0.411 e. The number of hydrogen-bond donors (Lipinski definition) is 1. The van der Waals surface area contributed by atoms with Crippen LogP contribution in [0.25, 0.3) is 0 Å². The van der Waals surface area contributed by atoms with Gasteiger partial charge in [0, 0.05) is 5.41 Å². The van der Waals surface area contributed by atoms with Crippen molar-refractivity contribution in [2.24, 2.45) is 0 Å². The molecule has 0 aliphatic heterocycles. The Kier molecular flexibility index (Phi) is 7.85. The molecule has 0 atom stereocenters. The Bertz CT molecular complexity index is 951. The van der Waals surface area contributed by atoms with Crippen LogP contribution in [0.15, 0.2) is 121 Å². The van der Waals surface area contributed by atoms with Gasteiger partial charge in [0.2, 0.25) is 0 Å². The molecule has 0 fully saturated rings. The van der Waals surface area contributed by atoms with Gasteiger partial charge in [-0.05, 0) is 28.7 Å². The maximum absolute atomic E-state index is 10.5. The van der Waals surface area contributed by atoms with Crippen molar-refractivity contribution >= 4 is 0 Å². The molecule has 4 heteroatoms. The Morgan fingerprint density at radius 2 is 0.781 bits per heavy atom. The predicted octanol–water partition coefficient (Wildman–Crippen LogP) is 6.80. The molecule has 0 aromatic heterocycles. The number of rotatable bonds is 5. The van der Waals surface area contributed by atoms with Crippen LogP contribution in [-0.2, 0) is 11.8 Å². The fraction of sp³-hybridized carbons (Fsp3) is 0.143. The molecule has 1 nitrogen and oxygen atoms in total. The Morgan fingerprint density at radius 1 is 0.500 bits per heavy atom. The van der Waals surface area contributed by atoms with E-state index in [1.807, 2.05) is 0 Å². The summed E-state index contributed by atoms with van der Waals surface area (Å²) in [6.07, 6.45) is -3.48. The third-order valence-electron chi connectivity index (χ3n) is 5.29. The van der Waals surface area contributed by atoms with E-state index in [0.29, 0.717) is 0 Å². The standard InChI is InChI=1S/C26H22.C2H3F3O/c1-5-13-22(14-6-1)21-26(23-15-7-2-8-16-23,24-17-9-3-10-18-24)25-19-11-4-12-20-25;3-2(4,5)1-6/h1-20H,21H2;6H,1H2. The van der Waals surface area contributed by atoms with Crippen LogP contribution >= 0.6 is 0 Å². The van der Waals surface area contributed by atoms with E-state index >= 15 is 0 Å². The summed E-state index contributed by atoms with van der Waals surface area (Å²) < 4.78 is 31.6. The van der Waals surface area contributed by atoms with E-state index in [1.165, 1.54) is 22.3 Å². The zero-order valence-electron chi connectivity index (χ0n) is 17.5. The lowest BCUT2D eigenvalue weighted by Gasteiger charge is -2.36. The summed E-state index contributed by atoms with van der Waals surface area (Å²) in [6.45, 7) is -1.73. The predicted molar refractivity (Wildman–Crippen MR) is 122 cm³/mol. The van der Waals surface area contributed by atoms with Crippen molar-refractivity contribution in [3.05, 3.63) is 144 Å². The highest BCUT2D eigenvalue weighted by Crippen LogP contribution is 2.42. The first-order valence-corrected chi connectivity index (χ1v) is 10.3. The van der Waals surface area contributed by atoms with Crippen molar-refractivity contribution in [3.8, 4) is 0 Å². The first-order chi connectivity index (χ1) is 15.5. The highest BCUT2D eigenvalue weighted by Gasteiger charge is 2.36. The van der Waals surface area contributed by atoms with Gasteiger partial charge < -0.3 is 5.11 Å². The Balaban J connectivity index is 0.000000427. The van der Waals surface area contributed by atoms with Crippen molar-refractivity contribution in [1.82, 2.24) is 0 Å². The van der Waals surface area contributed by atoms with Crippen molar-refractivity contribution in [1.29, 1.82) is 0 Å². The molecule has 0 heterocycles. The van der Waals surface area contributed by atoms with Gasteiger partial charge in [0.25, 0.3) is 0 Å². The highest BCUT2D eigenvalue weighted by atomic mass is 19.4. The molecule has 0 radical (unpaired) electrons. The number of benzene rings is 4. The smallest absolute Gasteiger partial charge is 0.387 e. The minimum Gasteiger partial charge on any atom is -0.387 e. The second kappa shape index (κ2) is 10.8. The van der Waals surface area contributed by atoms with E-state index < -0.39 is 12.8 Å². The van der Waals surface area contributed by atoms with Crippen LogP contribution in [0.1, 0.15) is 22.3 Å². The van der Waals surface area contributed by atoms with Crippen LogP contribution in [0.5, 0.6) is 0 Å². The summed E-state index contributed by atoms with van der Waals surface area (Å²) in [7, 11) is 0. The first kappa shape index (κ1) is 23.3. The molecule has 0 unspecified atom stereocenters. The van der Waals surface area contributed by atoms with Crippen LogP contribution < -0.4 is 0 Å². The number of aliphatic hydroxyl groups is 1. The lowest BCUT2D eigenvalue weighted by Crippen LogP contribution is -2.32. The number of hydrogen-bond acceptors (Lipinski definition) is 1. The third-order valence-corrected chi connectivity index (χ3v) is 5.29. The molecule has 0 saturated carbocycles. The van der Waals surface area contributed by atoms with Gasteiger partial charge in [-0.3, -0.25) is 0 Å². The molecule has 0 saturated heterocycles. The zero-order chi connectivity index (χ0) is 22.9. The lowest BCUT2D eigenvalue weighted by molar-refractivity contribution is -0.159. The largest absolute Gasteiger partial charge is 0.411 e. The summed E-state index contributed by atoms with van der Waals surface area (Å²) in [5.74, 6) is 0. The fourth-order valence-corrected chi connectivity index (χ4v) is 3.88. The van der Waals surface area contributed by atoms with E-state index in [2.05, 4.69) is 121 Å². The molecule has 0 amide bonds. The Morgan fingerprint density at radius 3 is 1.06 bits per heavy atom. The molecule has 4 aromatic rings. The molecule has 0 spiro atoms. The van der Waals surface area contributed by atoms with E-state index in [1.54, 1.807) is 0 Å². The normalized spacial score (nSPS) is 11.4. The number of aliphatic hydroxyl groups excluding tert-OH is 1.